The molecular formula is C38H31Cl2IN2O6S. The van der Waals surface area contributed by atoms with Crippen molar-refractivity contribution in [2.24, 2.45) is 4.99 Å². The summed E-state index contributed by atoms with van der Waals surface area (Å²) < 4.78 is 25.9. The predicted molar refractivity (Wildman–Crippen MR) is 205 cm³/mol. The number of ether oxygens (including phenoxy) is 4. The predicted octanol–water partition coefficient (Wildman–Crippen LogP) is 7.83. The molecule has 1 aliphatic heterocycles. The van der Waals surface area contributed by atoms with Gasteiger partial charge in [0.1, 0.15) is 12.4 Å². The second-order valence-corrected chi connectivity index (χ2v) is 14.0. The number of halogens is 3. The van der Waals surface area contributed by atoms with E-state index < -0.39 is 12.0 Å². The molecule has 1 aliphatic rings. The Morgan fingerprint density at radius 3 is 2.42 bits per heavy atom. The van der Waals surface area contributed by atoms with Gasteiger partial charge >= 0.3 is 5.97 Å². The molecule has 0 unspecified atom stereocenters. The molecule has 0 fully saturated rings. The summed E-state index contributed by atoms with van der Waals surface area (Å²) in [5, 5.41) is 1.04. The Kier molecular flexibility index (Phi) is 11.3. The lowest BCUT2D eigenvalue weighted by molar-refractivity contribution is -0.138. The zero-order chi connectivity index (χ0) is 35.4. The number of methoxy groups -OCH3 is 1. The maximum atomic E-state index is 14.4. The van der Waals surface area contributed by atoms with E-state index in [2.05, 4.69) is 22.6 Å². The van der Waals surface area contributed by atoms with Crippen molar-refractivity contribution < 1.29 is 23.7 Å². The first-order chi connectivity index (χ1) is 24.2. The van der Waals surface area contributed by atoms with Gasteiger partial charge in [0.25, 0.3) is 5.56 Å². The van der Waals surface area contributed by atoms with Gasteiger partial charge in [0.05, 0.1) is 45.7 Å². The van der Waals surface area contributed by atoms with Gasteiger partial charge in [-0.25, -0.2) is 9.79 Å². The summed E-state index contributed by atoms with van der Waals surface area (Å²) in [5.74, 6) is 1.17. The Balaban J connectivity index is 1.48. The molecule has 256 valence electrons. The van der Waals surface area contributed by atoms with Gasteiger partial charge in [0.2, 0.25) is 0 Å². The highest BCUT2D eigenvalue weighted by molar-refractivity contribution is 14.1. The molecule has 0 amide bonds. The Morgan fingerprint density at radius 2 is 1.74 bits per heavy atom. The van der Waals surface area contributed by atoms with Gasteiger partial charge in [-0.05, 0) is 90.0 Å². The van der Waals surface area contributed by atoms with Crippen molar-refractivity contribution in [3.05, 3.63) is 146 Å². The molecule has 6 rings (SSSR count). The lowest BCUT2D eigenvalue weighted by Gasteiger charge is -2.26. The average Bonchev–Trinajstić information content (AvgIpc) is 3.42. The van der Waals surface area contributed by atoms with Crippen LogP contribution >= 0.6 is 57.1 Å². The summed E-state index contributed by atoms with van der Waals surface area (Å²) >= 11 is 15.8. The number of benzene rings is 4. The zero-order valence-corrected chi connectivity index (χ0v) is 31.7. The highest BCUT2D eigenvalue weighted by Gasteiger charge is 2.35. The normalized spacial score (nSPS) is 14.2. The summed E-state index contributed by atoms with van der Waals surface area (Å²) in [5.41, 5.74) is 3.38. The summed E-state index contributed by atoms with van der Waals surface area (Å²) in [6.45, 7) is 4.54. The first-order valence-electron chi connectivity index (χ1n) is 15.7. The molecule has 0 bridgehead atoms. The average molecular weight is 842 g/mol. The van der Waals surface area contributed by atoms with E-state index in [1.165, 1.54) is 11.3 Å². The molecule has 8 nitrogen and oxygen atoms in total. The molecule has 2 heterocycles. The third-order valence-corrected chi connectivity index (χ3v) is 10.2. The Bertz CT molecular complexity index is 2270. The molecule has 1 atom stereocenters. The molecule has 0 saturated carbocycles. The third-order valence-electron chi connectivity index (χ3n) is 7.82. The van der Waals surface area contributed by atoms with E-state index in [1.807, 2.05) is 79.7 Å². The second kappa shape index (κ2) is 15.8. The smallest absolute Gasteiger partial charge is 0.338 e. The van der Waals surface area contributed by atoms with Crippen LogP contribution in [0.25, 0.3) is 11.8 Å². The van der Waals surface area contributed by atoms with E-state index in [9.17, 15) is 9.59 Å². The van der Waals surface area contributed by atoms with Crippen LogP contribution in [0.1, 0.15) is 42.1 Å². The number of thiazole rings is 1. The van der Waals surface area contributed by atoms with Gasteiger partial charge in [-0.1, -0.05) is 83.1 Å². The Morgan fingerprint density at radius 1 is 0.980 bits per heavy atom. The highest BCUT2D eigenvalue weighted by Crippen LogP contribution is 2.37. The maximum absolute atomic E-state index is 14.4. The Hall–Kier alpha value is -4.10. The van der Waals surface area contributed by atoms with Gasteiger partial charge in [-0.2, -0.15) is 0 Å². The molecule has 0 aliphatic carbocycles. The van der Waals surface area contributed by atoms with Gasteiger partial charge in [-0.3, -0.25) is 9.36 Å². The van der Waals surface area contributed by atoms with Crippen molar-refractivity contribution in [1.29, 1.82) is 0 Å². The number of hydrogen-bond donors (Lipinski definition) is 0. The quantitative estimate of drug-likeness (QED) is 0.0996. The van der Waals surface area contributed by atoms with Crippen LogP contribution in [0.2, 0.25) is 10.0 Å². The fraction of sp³-hybridized carbons (Fsp3) is 0.184. The Labute approximate surface area is 316 Å². The number of aromatic nitrogens is 1. The van der Waals surface area contributed by atoms with Crippen LogP contribution in [-0.4, -0.2) is 30.9 Å². The standard InChI is InChI=1S/C38H31Cl2IN2O6S/c1-4-47-27-15-12-24(13-16-27)34-32(37(45)48-5-2)33(23-9-7-6-8-10-23)42-38-43(34)36(44)31(50-38)19-22-17-29(41)35(30(18-22)46-3)49-21-25-11-14-26(39)20-28(25)40/h6-20,34H,4-5,21H2,1-3H3/b31-19-/t34-/m1/s1. The van der Waals surface area contributed by atoms with Crippen molar-refractivity contribution in [1.82, 2.24) is 4.57 Å². The van der Waals surface area contributed by atoms with Gasteiger partial charge in [0.15, 0.2) is 16.3 Å². The van der Waals surface area contributed by atoms with Crippen molar-refractivity contribution >= 4 is 74.9 Å². The van der Waals surface area contributed by atoms with Crippen molar-refractivity contribution in [2.45, 2.75) is 26.5 Å². The molecule has 12 heteroatoms. The van der Waals surface area contributed by atoms with Crippen molar-refractivity contribution in [2.75, 3.05) is 20.3 Å². The number of esters is 1. The molecule has 0 spiro atoms. The van der Waals surface area contributed by atoms with Crippen LogP contribution in [0, 0.1) is 3.57 Å². The molecule has 5 aromatic rings. The summed E-state index contributed by atoms with van der Waals surface area (Å²) in [4.78, 5) is 33.5. The van der Waals surface area contributed by atoms with E-state index in [0.717, 1.165) is 20.3 Å². The highest BCUT2D eigenvalue weighted by atomic mass is 127. The number of rotatable bonds is 11. The number of carbonyl (C=O) groups is 1. The van der Waals surface area contributed by atoms with E-state index in [4.69, 9.17) is 47.1 Å². The molecule has 50 heavy (non-hydrogen) atoms. The van der Waals surface area contributed by atoms with Gasteiger partial charge in [-0.15, -0.1) is 0 Å². The van der Waals surface area contributed by atoms with Crippen LogP contribution in [-0.2, 0) is 16.1 Å². The van der Waals surface area contributed by atoms with Crippen LogP contribution in [0.5, 0.6) is 17.2 Å². The van der Waals surface area contributed by atoms with Crippen LogP contribution in [0.15, 0.2) is 100 Å². The third kappa shape index (κ3) is 7.48. The molecule has 0 radical (unpaired) electrons. The SMILES string of the molecule is CCOC(=O)C1=C(c2ccccc2)N=c2s/c(=C\c3cc(I)c(OCc4ccc(Cl)cc4Cl)c(OC)c3)c(=O)n2[C@@H]1c1ccc(OCC)cc1. The largest absolute Gasteiger partial charge is 0.494 e. The molecule has 0 saturated heterocycles. The minimum atomic E-state index is -0.802. The number of nitrogens with zero attached hydrogens (tertiary/aromatic N) is 2. The minimum absolute atomic E-state index is 0.164. The lowest BCUT2D eigenvalue weighted by atomic mass is 9.93. The fourth-order valence-corrected chi connectivity index (χ4v) is 7.82. The topological polar surface area (TPSA) is 88.4 Å². The van der Waals surface area contributed by atoms with E-state index in [-0.39, 0.29) is 24.3 Å². The van der Waals surface area contributed by atoms with E-state index in [0.29, 0.717) is 54.5 Å². The lowest BCUT2D eigenvalue weighted by Crippen LogP contribution is -2.40. The molecular weight excluding hydrogens is 810 g/mol. The van der Waals surface area contributed by atoms with Crippen molar-refractivity contribution in [3.63, 3.8) is 0 Å². The summed E-state index contributed by atoms with van der Waals surface area (Å²) in [6.07, 6.45) is 1.79. The monoisotopic (exact) mass is 840 g/mol. The summed E-state index contributed by atoms with van der Waals surface area (Å²) in [7, 11) is 1.56. The maximum Gasteiger partial charge on any atom is 0.338 e. The molecule has 1 aromatic heterocycles. The number of fused-ring (bicyclic) bond motifs is 1. The van der Waals surface area contributed by atoms with Crippen LogP contribution in [0.4, 0.5) is 0 Å². The van der Waals surface area contributed by atoms with Gasteiger partial charge in [0, 0.05) is 21.2 Å². The summed E-state index contributed by atoms with van der Waals surface area (Å²) in [6, 6.07) is 25.0. The van der Waals surface area contributed by atoms with Crippen LogP contribution < -0.4 is 29.1 Å². The zero-order valence-electron chi connectivity index (χ0n) is 27.2. The first kappa shape index (κ1) is 35.7. The minimum Gasteiger partial charge on any atom is -0.494 e. The molecule has 4 aromatic carbocycles. The van der Waals surface area contributed by atoms with E-state index in [1.54, 1.807) is 36.8 Å². The van der Waals surface area contributed by atoms with Gasteiger partial charge < -0.3 is 18.9 Å². The number of hydrogen-bond acceptors (Lipinski definition) is 8. The first-order valence-corrected chi connectivity index (χ1v) is 18.3. The van der Waals surface area contributed by atoms with Crippen LogP contribution in [0.3, 0.4) is 0 Å². The fourth-order valence-electron chi connectivity index (χ4n) is 5.57. The number of carbonyl (C=O) groups excluding carboxylic acids is 1. The van der Waals surface area contributed by atoms with Crippen molar-refractivity contribution in [3.8, 4) is 17.2 Å². The van der Waals surface area contributed by atoms with E-state index >= 15 is 0 Å². The second-order valence-electron chi connectivity index (χ2n) is 11.0. The molecule has 0 N–H and O–H groups in total.